The van der Waals surface area contributed by atoms with Gasteiger partial charge in [-0.25, -0.2) is 26.6 Å². The molecule has 0 aliphatic carbocycles. The quantitative estimate of drug-likeness (QED) is 0.798. The Balaban J connectivity index is 1.99. The molecule has 1 aromatic heterocycles. The molecule has 9 heteroatoms. The highest BCUT2D eigenvalue weighted by atomic mass is 32.2. The van der Waals surface area contributed by atoms with Gasteiger partial charge in [0, 0.05) is 25.4 Å². The molecule has 0 amide bonds. The van der Waals surface area contributed by atoms with E-state index in [0.29, 0.717) is 0 Å². The summed E-state index contributed by atoms with van der Waals surface area (Å²) in [4.78, 5) is 10.4. The van der Waals surface area contributed by atoms with Gasteiger partial charge in [0.2, 0.25) is 10.0 Å². The van der Waals surface area contributed by atoms with E-state index in [4.69, 9.17) is 0 Å². The van der Waals surface area contributed by atoms with Gasteiger partial charge in [0.1, 0.15) is 11.6 Å². The highest BCUT2D eigenvalue weighted by molar-refractivity contribution is 7.89. The molecule has 0 atom stereocenters. The van der Waals surface area contributed by atoms with Crippen LogP contribution in [-0.2, 0) is 16.6 Å². The van der Waals surface area contributed by atoms with Gasteiger partial charge >= 0.3 is 0 Å². The van der Waals surface area contributed by atoms with Crippen molar-refractivity contribution in [1.82, 2.24) is 14.5 Å². The normalized spacial score (nSPS) is 11.5. The number of halogens is 2. The van der Waals surface area contributed by atoms with Gasteiger partial charge in [-0.2, -0.15) is 5.10 Å². The molecule has 1 N–H and O–H groups in total. The number of hydrogen-bond donors (Lipinski definition) is 1. The van der Waals surface area contributed by atoms with Gasteiger partial charge in [0.15, 0.2) is 4.90 Å². The minimum atomic E-state index is -4.29. The maximum Gasteiger partial charge on any atom is 0.266 e. The largest absolute Gasteiger partial charge is 0.268 e. The third kappa shape index (κ3) is 3.74. The van der Waals surface area contributed by atoms with Crippen LogP contribution in [0.5, 0.6) is 0 Å². The van der Waals surface area contributed by atoms with Gasteiger partial charge < -0.3 is 0 Å². The average molecular weight is 329 g/mol. The lowest BCUT2D eigenvalue weighted by atomic mass is 10.3. The zero-order valence-corrected chi connectivity index (χ0v) is 12.2. The van der Waals surface area contributed by atoms with Gasteiger partial charge in [0.25, 0.3) is 5.56 Å². The van der Waals surface area contributed by atoms with Crippen molar-refractivity contribution in [3.8, 4) is 0 Å². The fourth-order valence-electron chi connectivity index (χ4n) is 1.80. The van der Waals surface area contributed by atoms with Crippen LogP contribution in [0.2, 0.25) is 0 Å². The number of aromatic nitrogens is 2. The zero-order valence-electron chi connectivity index (χ0n) is 11.4. The predicted molar refractivity (Wildman–Crippen MR) is 74.7 cm³/mol. The highest BCUT2D eigenvalue weighted by Gasteiger charge is 2.22. The van der Waals surface area contributed by atoms with Crippen molar-refractivity contribution in [3.63, 3.8) is 0 Å². The molecule has 0 bridgehead atoms. The number of aryl methyl sites for hydroxylation is 1. The third-order valence-electron chi connectivity index (χ3n) is 2.81. The maximum atomic E-state index is 13.5. The number of benzene rings is 1. The van der Waals surface area contributed by atoms with E-state index >= 15 is 0 Å². The molecular weight excluding hydrogens is 316 g/mol. The van der Waals surface area contributed by atoms with Crippen LogP contribution in [0.1, 0.15) is 6.42 Å². The molecule has 0 aliphatic heterocycles. The molecule has 0 unspecified atom stereocenters. The Labute approximate surface area is 125 Å². The second kappa shape index (κ2) is 6.75. The molecule has 22 heavy (non-hydrogen) atoms. The second-order valence-corrected chi connectivity index (χ2v) is 6.09. The Hall–Kier alpha value is -2.13. The van der Waals surface area contributed by atoms with Gasteiger partial charge in [0.05, 0.1) is 0 Å². The summed E-state index contributed by atoms with van der Waals surface area (Å²) in [5.41, 5.74) is -0.314. The molecule has 1 aromatic carbocycles. The number of sulfonamides is 1. The lowest BCUT2D eigenvalue weighted by Crippen LogP contribution is -2.29. The van der Waals surface area contributed by atoms with E-state index in [-0.39, 0.29) is 25.1 Å². The van der Waals surface area contributed by atoms with Crippen molar-refractivity contribution in [1.29, 1.82) is 0 Å². The molecular formula is C13H13F2N3O3S. The number of hydrogen-bond acceptors (Lipinski definition) is 4. The molecule has 0 radical (unpaired) electrons. The Kier molecular flexibility index (Phi) is 4.99. The minimum absolute atomic E-state index is 0.0842. The van der Waals surface area contributed by atoms with Gasteiger partial charge in [-0.1, -0.05) is 6.07 Å². The first-order valence-corrected chi connectivity index (χ1v) is 7.86. The van der Waals surface area contributed by atoms with Crippen molar-refractivity contribution in [2.75, 3.05) is 6.54 Å². The first kappa shape index (κ1) is 16.2. The topological polar surface area (TPSA) is 81.1 Å². The van der Waals surface area contributed by atoms with Crippen LogP contribution in [0.25, 0.3) is 0 Å². The highest BCUT2D eigenvalue weighted by Crippen LogP contribution is 2.17. The zero-order chi connectivity index (χ0) is 16.2. The van der Waals surface area contributed by atoms with Crippen LogP contribution in [-0.4, -0.2) is 24.7 Å². The third-order valence-corrected chi connectivity index (χ3v) is 4.32. The SMILES string of the molecule is O=c1cccnn1CCCNS(=O)(=O)c1c(F)cccc1F. The summed E-state index contributed by atoms with van der Waals surface area (Å²) in [6.07, 6.45) is 1.67. The summed E-state index contributed by atoms with van der Waals surface area (Å²) in [6, 6.07) is 5.63. The van der Waals surface area contributed by atoms with Gasteiger partial charge in [-0.15, -0.1) is 0 Å². The van der Waals surface area contributed by atoms with Crippen LogP contribution in [0.3, 0.4) is 0 Å². The molecule has 118 valence electrons. The maximum absolute atomic E-state index is 13.5. The smallest absolute Gasteiger partial charge is 0.266 e. The van der Waals surface area contributed by atoms with E-state index in [1.54, 1.807) is 0 Å². The number of rotatable bonds is 6. The second-order valence-electron chi connectivity index (χ2n) is 4.39. The molecule has 0 fully saturated rings. The standard InChI is InChI=1S/C13H13F2N3O3S/c14-10-4-1-5-11(15)13(10)22(20,21)17-8-3-9-18-12(19)6-2-7-16-18/h1-2,4-7,17H,3,8-9H2. The monoisotopic (exact) mass is 329 g/mol. The average Bonchev–Trinajstić information content (AvgIpc) is 2.45. The van der Waals surface area contributed by atoms with Crippen molar-refractivity contribution in [3.05, 3.63) is 58.5 Å². The Morgan fingerprint density at radius 1 is 1.14 bits per heavy atom. The van der Waals surface area contributed by atoms with Crippen LogP contribution < -0.4 is 10.3 Å². The fraction of sp³-hybridized carbons (Fsp3) is 0.231. The Bertz CT molecular complexity index is 801. The summed E-state index contributed by atoms with van der Waals surface area (Å²) >= 11 is 0. The first-order chi connectivity index (χ1) is 10.4. The molecule has 0 aliphatic rings. The van der Waals surface area contributed by atoms with Crippen molar-refractivity contribution >= 4 is 10.0 Å². The molecule has 0 spiro atoms. The van der Waals surface area contributed by atoms with Crippen LogP contribution >= 0.6 is 0 Å². The Morgan fingerprint density at radius 3 is 2.45 bits per heavy atom. The first-order valence-electron chi connectivity index (χ1n) is 6.37. The minimum Gasteiger partial charge on any atom is -0.268 e. The van der Waals surface area contributed by atoms with E-state index in [0.717, 1.165) is 22.9 Å². The van der Waals surface area contributed by atoms with E-state index in [9.17, 15) is 22.0 Å². The predicted octanol–water partition coefficient (Wildman–Crippen LogP) is 0.890. The molecule has 1 heterocycles. The summed E-state index contributed by atoms with van der Waals surface area (Å²) in [7, 11) is -4.29. The molecule has 2 rings (SSSR count). The van der Waals surface area contributed by atoms with Crippen LogP contribution in [0.15, 0.2) is 46.2 Å². The van der Waals surface area contributed by atoms with Crippen molar-refractivity contribution in [2.45, 2.75) is 17.9 Å². The summed E-state index contributed by atoms with van der Waals surface area (Å²) in [5.74, 6) is -2.32. The van der Waals surface area contributed by atoms with E-state index in [2.05, 4.69) is 9.82 Å². The van der Waals surface area contributed by atoms with Crippen molar-refractivity contribution < 1.29 is 17.2 Å². The summed E-state index contributed by atoms with van der Waals surface area (Å²) in [6.45, 7) is 0.0983. The Morgan fingerprint density at radius 2 is 1.82 bits per heavy atom. The van der Waals surface area contributed by atoms with Gasteiger partial charge in [-0.3, -0.25) is 4.79 Å². The van der Waals surface area contributed by atoms with Crippen molar-refractivity contribution in [2.24, 2.45) is 0 Å². The van der Waals surface area contributed by atoms with E-state index in [1.165, 1.54) is 18.3 Å². The summed E-state index contributed by atoms with van der Waals surface area (Å²) in [5, 5.41) is 3.81. The van der Waals surface area contributed by atoms with Crippen LogP contribution in [0.4, 0.5) is 8.78 Å². The van der Waals surface area contributed by atoms with E-state index in [1.807, 2.05) is 0 Å². The molecule has 2 aromatic rings. The van der Waals surface area contributed by atoms with E-state index < -0.39 is 26.6 Å². The fourth-order valence-corrected chi connectivity index (χ4v) is 3.01. The van der Waals surface area contributed by atoms with Crippen LogP contribution in [0, 0.1) is 11.6 Å². The number of nitrogens with zero attached hydrogens (tertiary/aromatic N) is 2. The lowest BCUT2D eigenvalue weighted by Gasteiger charge is -2.08. The molecule has 6 nitrogen and oxygen atoms in total. The summed E-state index contributed by atoms with van der Waals surface area (Å²) < 4.78 is 53.9. The van der Waals surface area contributed by atoms with Gasteiger partial charge in [-0.05, 0) is 24.6 Å². The number of nitrogens with one attached hydrogen (secondary N) is 1. The lowest BCUT2D eigenvalue weighted by molar-refractivity contribution is 0.507. The molecule has 0 saturated carbocycles. The molecule has 0 saturated heterocycles.